The summed E-state index contributed by atoms with van der Waals surface area (Å²) in [7, 11) is 3.10. The van der Waals surface area contributed by atoms with Crippen LogP contribution in [0.2, 0.25) is 0 Å². The Balaban J connectivity index is 1.76. The number of carbonyl (C=O) groups excluding carboxylic acids is 1. The summed E-state index contributed by atoms with van der Waals surface area (Å²) in [4.78, 5) is 12.5. The fourth-order valence-electron chi connectivity index (χ4n) is 2.57. The van der Waals surface area contributed by atoms with Crippen LogP contribution >= 0.6 is 0 Å². The minimum absolute atomic E-state index is 0.149. The molecule has 0 unspecified atom stereocenters. The predicted octanol–water partition coefficient (Wildman–Crippen LogP) is 5.39. The summed E-state index contributed by atoms with van der Waals surface area (Å²) in [6, 6.07) is 22.2. The molecule has 0 radical (unpaired) electrons. The number of allylic oxidation sites excluding steroid dienone is 1. The third-order valence-electron chi connectivity index (χ3n) is 3.94. The zero-order valence-electron chi connectivity index (χ0n) is 15.2. The van der Waals surface area contributed by atoms with Crippen LogP contribution in [0.4, 0.5) is 0 Å². The minimum atomic E-state index is -0.149. The van der Waals surface area contributed by atoms with Crippen LogP contribution in [0, 0.1) is 0 Å². The molecule has 27 heavy (non-hydrogen) atoms. The van der Waals surface area contributed by atoms with Gasteiger partial charge in [-0.15, -0.1) is 0 Å². The van der Waals surface area contributed by atoms with Gasteiger partial charge in [-0.3, -0.25) is 4.79 Å². The van der Waals surface area contributed by atoms with Gasteiger partial charge in [0.15, 0.2) is 5.78 Å². The van der Waals surface area contributed by atoms with Gasteiger partial charge < -0.3 is 14.2 Å². The lowest BCUT2D eigenvalue weighted by Gasteiger charge is -2.08. The molecule has 0 aliphatic carbocycles. The Labute approximate surface area is 158 Å². The molecule has 4 nitrogen and oxygen atoms in total. The average molecular weight is 360 g/mol. The number of hydrogen-bond donors (Lipinski definition) is 0. The highest BCUT2D eigenvalue weighted by atomic mass is 16.5. The molecule has 0 saturated heterocycles. The standard InChI is InChI=1S/C23H20O4/c1-25-19-12-13-21(23(16-19)26-2)22(24)14-11-17-7-6-10-20(15-17)27-18-8-4-3-5-9-18/h3-16H,1-2H3/b14-11+. The van der Waals surface area contributed by atoms with E-state index in [0.717, 1.165) is 11.3 Å². The molecule has 136 valence electrons. The normalized spacial score (nSPS) is 10.6. The van der Waals surface area contributed by atoms with Crippen LogP contribution in [-0.2, 0) is 0 Å². The van der Waals surface area contributed by atoms with Gasteiger partial charge in [0.1, 0.15) is 23.0 Å². The Morgan fingerprint density at radius 2 is 1.56 bits per heavy atom. The van der Waals surface area contributed by atoms with Crippen molar-refractivity contribution in [3.8, 4) is 23.0 Å². The maximum absolute atomic E-state index is 12.5. The van der Waals surface area contributed by atoms with Crippen molar-refractivity contribution in [2.24, 2.45) is 0 Å². The molecule has 0 amide bonds. The Morgan fingerprint density at radius 3 is 2.30 bits per heavy atom. The van der Waals surface area contributed by atoms with Crippen LogP contribution in [-0.4, -0.2) is 20.0 Å². The number of methoxy groups -OCH3 is 2. The molecule has 0 aliphatic heterocycles. The highest BCUT2D eigenvalue weighted by molar-refractivity contribution is 6.08. The van der Waals surface area contributed by atoms with Crippen LogP contribution < -0.4 is 14.2 Å². The molecule has 0 fully saturated rings. The molecule has 0 aliphatic rings. The van der Waals surface area contributed by atoms with Crippen LogP contribution in [0.5, 0.6) is 23.0 Å². The summed E-state index contributed by atoms with van der Waals surface area (Å²) < 4.78 is 16.3. The number of ether oxygens (including phenoxy) is 3. The Kier molecular flexibility index (Phi) is 5.90. The summed E-state index contributed by atoms with van der Waals surface area (Å²) in [6.07, 6.45) is 3.27. The molecule has 0 atom stereocenters. The number of carbonyl (C=O) groups is 1. The first kappa shape index (κ1) is 18.3. The molecular formula is C23H20O4. The van der Waals surface area contributed by atoms with Crippen molar-refractivity contribution in [3.63, 3.8) is 0 Å². The van der Waals surface area contributed by atoms with Crippen molar-refractivity contribution < 1.29 is 19.0 Å². The smallest absolute Gasteiger partial charge is 0.189 e. The second-order valence-corrected chi connectivity index (χ2v) is 5.75. The van der Waals surface area contributed by atoms with E-state index in [1.165, 1.54) is 13.2 Å². The third-order valence-corrected chi connectivity index (χ3v) is 3.94. The van der Waals surface area contributed by atoms with Gasteiger partial charge >= 0.3 is 0 Å². The van der Waals surface area contributed by atoms with E-state index in [4.69, 9.17) is 14.2 Å². The lowest BCUT2D eigenvalue weighted by Crippen LogP contribution is -1.99. The van der Waals surface area contributed by atoms with Crippen molar-refractivity contribution >= 4 is 11.9 Å². The lowest BCUT2D eigenvalue weighted by molar-refractivity contribution is 0.104. The van der Waals surface area contributed by atoms with Gasteiger partial charge in [-0.2, -0.15) is 0 Å². The SMILES string of the molecule is COc1ccc(C(=O)/C=C/c2cccc(Oc3ccccc3)c2)c(OC)c1. The summed E-state index contributed by atoms with van der Waals surface area (Å²) in [5.41, 5.74) is 1.34. The molecule has 3 rings (SSSR count). The molecule has 0 heterocycles. The van der Waals surface area contributed by atoms with Gasteiger partial charge in [0.05, 0.1) is 19.8 Å². The minimum Gasteiger partial charge on any atom is -0.497 e. The number of ketones is 1. The Bertz CT molecular complexity index is 946. The number of benzene rings is 3. The van der Waals surface area contributed by atoms with Crippen molar-refractivity contribution in [2.75, 3.05) is 14.2 Å². The topological polar surface area (TPSA) is 44.8 Å². The average Bonchev–Trinajstić information content (AvgIpc) is 2.72. The maximum Gasteiger partial charge on any atom is 0.189 e. The highest BCUT2D eigenvalue weighted by Crippen LogP contribution is 2.26. The largest absolute Gasteiger partial charge is 0.497 e. The van der Waals surface area contributed by atoms with E-state index in [0.29, 0.717) is 22.8 Å². The zero-order chi connectivity index (χ0) is 19.1. The zero-order valence-corrected chi connectivity index (χ0v) is 15.2. The molecule has 0 aromatic heterocycles. The predicted molar refractivity (Wildman–Crippen MR) is 106 cm³/mol. The fourth-order valence-corrected chi connectivity index (χ4v) is 2.57. The first-order chi connectivity index (χ1) is 13.2. The van der Waals surface area contributed by atoms with E-state index in [-0.39, 0.29) is 5.78 Å². The van der Waals surface area contributed by atoms with Gasteiger partial charge in [0.2, 0.25) is 0 Å². The number of rotatable bonds is 7. The van der Waals surface area contributed by atoms with Crippen molar-refractivity contribution in [1.29, 1.82) is 0 Å². The Hall–Kier alpha value is -3.53. The second kappa shape index (κ2) is 8.72. The maximum atomic E-state index is 12.5. The van der Waals surface area contributed by atoms with Crippen LogP contribution in [0.1, 0.15) is 15.9 Å². The van der Waals surface area contributed by atoms with E-state index >= 15 is 0 Å². The van der Waals surface area contributed by atoms with E-state index in [1.807, 2.05) is 54.6 Å². The monoisotopic (exact) mass is 360 g/mol. The van der Waals surface area contributed by atoms with E-state index in [9.17, 15) is 4.79 Å². The molecule has 0 N–H and O–H groups in total. The molecule has 0 spiro atoms. The highest BCUT2D eigenvalue weighted by Gasteiger charge is 2.10. The molecule has 4 heteroatoms. The first-order valence-electron chi connectivity index (χ1n) is 8.47. The number of hydrogen-bond acceptors (Lipinski definition) is 4. The Morgan fingerprint density at radius 1 is 0.778 bits per heavy atom. The van der Waals surface area contributed by atoms with Crippen LogP contribution in [0.15, 0.2) is 78.9 Å². The molecular weight excluding hydrogens is 340 g/mol. The summed E-state index contributed by atoms with van der Waals surface area (Å²) in [5, 5.41) is 0. The first-order valence-corrected chi connectivity index (χ1v) is 8.47. The quantitative estimate of drug-likeness (QED) is 0.418. The number of para-hydroxylation sites is 1. The van der Waals surface area contributed by atoms with Gasteiger partial charge in [-0.25, -0.2) is 0 Å². The van der Waals surface area contributed by atoms with Gasteiger partial charge in [0, 0.05) is 6.07 Å². The second-order valence-electron chi connectivity index (χ2n) is 5.75. The molecule has 0 bridgehead atoms. The molecule has 0 saturated carbocycles. The lowest BCUT2D eigenvalue weighted by atomic mass is 10.1. The third kappa shape index (κ3) is 4.76. The molecule has 3 aromatic rings. The van der Waals surface area contributed by atoms with Crippen LogP contribution in [0.3, 0.4) is 0 Å². The van der Waals surface area contributed by atoms with Crippen LogP contribution in [0.25, 0.3) is 6.08 Å². The van der Waals surface area contributed by atoms with Gasteiger partial charge in [-0.1, -0.05) is 36.4 Å². The van der Waals surface area contributed by atoms with Crippen molar-refractivity contribution in [1.82, 2.24) is 0 Å². The summed E-state index contributed by atoms with van der Waals surface area (Å²) in [5.74, 6) is 2.43. The summed E-state index contributed by atoms with van der Waals surface area (Å²) >= 11 is 0. The van der Waals surface area contributed by atoms with Gasteiger partial charge in [0.25, 0.3) is 0 Å². The summed E-state index contributed by atoms with van der Waals surface area (Å²) in [6.45, 7) is 0. The van der Waals surface area contributed by atoms with E-state index < -0.39 is 0 Å². The van der Waals surface area contributed by atoms with E-state index in [2.05, 4.69) is 0 Å². The fraction of sp³-hybridized carbons (Fsp3) is 0.0870. The van der Waals surface area contributed by atoms with Crippen molar-refractivity contribution in [3.05, 3.63) is 90.0 Å². The van der Waals surface area contributed by atoms with E-state index in [1.54, 1.807) is 31.4 Å². The van der Waals surface area contributed by atoms with Crippen molar-refractivity contribution in [2.45, 2.75) is 0 Å². The van der Waals surface area contributed by atoms with Gasteiger partial charge in [-0.05, 0) is 48.0 Å². The molecule has 3 aromatic carbocycles.